The standard InChI is InChI=1S/C10H15NO4/c1-4(2)7-10(9(14)15-7)6(12)5(3)8(13)11-10/h4-7,12H,1-3H3,(H,11,13)/t5-,6-,7+,10+/m1/s1. The summed E-state index contributed by atoms with van der Waals surface area (Å²) in [6.07, 6.45) is -1.41. The third-order valence-corrected chi connectivity index (χ3v) is 3.31. The summed E-state index contributed by atoms with van der Waals surface area (Å²) in [4.78, 5) is 22.9. The number of nitrogens with one attached hydrogen (secondary N) is 1. The van der Waals surface area contributed by atoms with Gasteiger partial charge in [0.05, 0.1) is 5.92 Å². The zero-order valence-electron chi connectivity index (χ0n) is 8.98. The van der Waals surface area contributed by atoms with Gasteiger partial charge in [0.15, 0.2) is 0 Å². The van der Waals surface area contributed by atoms with Crippen molar-refractivity contribution in [3.05, 3.63) is 0 Å². The van der Waals surface area contributed by atoms with Crippen LogP contribution in [0.2, 0.25) is 0 Å². The number of cyclic esters (lactones) is 1. The minimum Gasteiger partial charge on any atom is -0.457 e. The summed E-state index contributed by atoms with van der Waals surface area (Å²) in [7, 11) is 0. The molecule has 2 fully saturated rings. The zero-order chi connectivity index (χ0) is 11.4. The maximum atomic E-state index is 11.5. The van der Waals surface area contributed by atoms with Crippen LogP contribution in [0, 0.1) is 11.8 Å². The van der Waals surface area contributed by atoms with Crippen molar-refractivity contribution in [3.8, 4) is 0 Å². The van der Waals surface area contributed by atoms with Gasteiger partial charge < -0.3 is 15.2 Å². The van der Waals surface area contributed by atoms with Crippen molar-refractivity contribution < 1.29 is 19.4 Å². The molecule has 0 aromatic rings. The van der Waals surface area contributed by atoms with Crippen LogP contribution in [-0.4, -0.2) is 34.7 Å². The van der Waals surface area contributed by atoms with Crippen LogP contribution in [0.1, 0.15) is 20.8 Å². The molecular formula is C10H15NO4. The molecule has 0 aromatic heterocycles. The van der Waals surface area contributed by atoms with Crippen LogP contribution in [-0.2, 0) is 14.3 Å². The van der Waals surface area contributed by atoms with Gasteiger partial charge in [-0.2, -0.15) is 0 Å². The van der Waals surface area contributed by atoms with E-state index in [1.54, 1.807) is 6.92 Å². The van der Waals surface area contributed by atoms with Crippen LogP contribution in [0.25, 0.3) is 0 Å². The van der Waals surface area contributed by atoms with Gasteiger partial charge in [0.2, 0.25) is 11.4 Å². The van der Waals surface area contributed by atoms with Gasteiger partial charge in [0.25, 0.3) is 0 Å². The highest BCUT2D eigenvalue weighted by atomic mass is 16.6. The van der Waals surface area contributed by atoms with Gasteiger partial charge in [-0.25, -0.2) is 4.79 Å². The lowest BCUT2D eigenvalue weighted by Crippen LogP contribution is -2.74. The van der Waals surface area contributed by atoms with Gasteiger partial charge in [0, 0.05) is 0 Å². The molecular weight excluding hydrogens is 198 g/mol. The lowest BCUT2D eigenvalue weighted by atomic mass is 9.76. The fourth-order valence-corrected chi connectivity index (χ4v) is 2.37. The van der Waals surface area contributed by atoms with Crippen molar-refractivity contribution in [2.45, 2.75) is 38.5 Å². The van der Waals surface area contributed by atoms with Crippen LogP contribution in [0.3, 0.4) is 0 Å². The highest BCUT2D eigenvalue weighted by molar-refractivity contribution is 5.98. The van der Waals surface area contributed by atoms with Crippen LogP contribution in [0.4, 0.5) is 0 Å². The molecule has 4 atom stereocenters. The minimum absolute atomic E-state index is 0.0722. The number of hydrogen-bond donors (Lipinski definition) is 2. The summed E-state index contributed by atoms with van der Waals surface area (Å²) >= 11 is 0. The first-order valence-corrected chi connectivity index (χ1v) is 5.12. The average Bonchev–Trinajstić information content (AvgIpc) is 2.40. The summed E-state index contributed by atoms with van der Waals surface area (Å²) in [5.74, 6) is -1.29. The van der Waals surface area contributed by atoms with E-state index in [4.69, 9.17) is 4.74 Å². The van der Waals surface area contributed by atoms with E-state index in [0.29, 0.717) is 0 Å². The zero-order valence-corrected chi connectivity index (χ0v) is 8.98. The minimum atomic E-state index is -1.19. The van der Waals surface area contributed by atoms with Gasteiger partial charge >= 0.3 is 5.97 Å². The molecule has 2 aliphatic rings. The second-order valence-corrected chi connectivity index (χ2v) is 4.66. The number of esters is 1. The Kier molecular flexibility index (Phi) is 2.05. The van der Waals surface area contributed by atoms with E-state index in [0.717, 1.165) is 0 Å². The monoisotopic (exact) mass is 213 g/mol. The number of aliphatic hydroxyl groups excluding tert-OH is 1. The first kappa shape index (κ1) is 10.4. The fourth-order valence-electron chi connectivity index (χ4n) is 2.37. The number of hydrogen-bond acceptors (Lipinski definition) is 4. The summed E-state index contributed by atoms with van der Waals surface area (Å²) in [5, 5.41) is 12.5. The summed E-state index contributed by atoms with van der Waals surface area (Å²) in [5.41, 5.74) is -1.19. The molecule has 0 aromatic carbocycles. The Morgan fingerprint density at radius 1 is 1.47 bits per heavy atom. The van der Waals surface area contributed by atoms with Crippen LogP contribution >= 0.6 is 0 Å². The molecule has 2 saturated heterocycles. The molecule has 2 N–H and O–H groups in total. The van der Waals surface area contributed by atoms with Crippen LogP contribution < -0.4 is 5.32 Å². The summed E-state index contributed by atoms with van der Waals surface area (Å²) in [6.45, 7) is 5.39. The third kappa shape index (κ3) is 1.07. The van der Waals surface area contributed by atoms with Gasteiger partial charge in [-0.3, -0.25) is 4.79 Å². The predicted octanol–water partition coefficient (Wildman–Crippen LogP) is -0.567. The fraction of sp³-hybridized carbons (Fsp3) is 0.800. The smallest absolute Gasteiger partial charge is 0.338 e. The molecule has 0 aliphatic carbocycles. The number of carbonyl (C=O) groups is 2. The van der Waals surface area contributed by atoms with Gasteiger partial charge in [0.1, 0.15) is 12.2 Å². The largest absolute Gasteiger partial charge is 0.457 e. The molecule has 0 unspecified atom stereocenters. The number of carbonyl (C=O) groups excluding carboxylic acids is 2. The molecule has 5 heteroatoms. The van der Waals surface area contributed by atoms with Crippen molar-refractivity contribution in [2.75, 3.05) is 0 Å². The lowest BCUT2D eigenvalue weighted by Gasteiger charge is -2.47. The summed E-state index contributed by atoms with van der Waals surface area (Å²) in [6, 6.07) is 0. The Bertz CT molecular complexity index is 327. The molecule has 1 amide bonds. The molecule has 84 valence electrons. The molecule has 0 bridgehead atoms. The maximum absolute atomic E-state index is 11.5. The Morgan fingerprint density at radius 3 is 2.40 bits per heavy atom. The van der Waals surface area contributed by atoms with E-state index in [1.165, 1.54) is 0 Å². The third-order valence-electron chi connectivity index (χ3n) is 3.31. The van der Waals surface area contributed by atoms with Crippen molar-refractivity contribution in [1.82, 2.24) is 5.32 Å². The van der Waals surface area contributed by atoms with E-state index in [-0.39, 0.29) is 11.8 Å². The lowest BCUT2D eigenvalue weighted by molar-refractivity contribution is -0.210. The second-order valence-electron chi connectivity index (χ2n) is 4.66. The Hall–Kier alpha value is -1.10. The van der Waals surface area contributed by atoms with Crippen molar-refractivity contribution in [2.24, 2.45) is 11.8 Å². The highest BCUT2D eigenvalue weighted by Crippen LogP contribution is 2.41. The van der Waals surface area contributed by atoms with E-state index in [2.05, 4.69) is 5.32 Å². The van der Waals surface area contributed by atoms with Gasteiger partial charge in [-0.15, -0.1) is 0 Å². The summed E-state index contributed by atoms with van der Waals surface area (Å²) < 4.78 is 4.99. The van der Waals surface area contributed by atoms with Crippen LogP contribution in [0.5, 0.6) is 0 Å². The number of rotatable bonds is 1. The maximum Gasteiger partial charge on any atom is 0.338 e. The first-order valence-electron chi connectivity index (χ1n) is 5.12. The quantitative estimate of drug-likeness (QED) is 0.572. The molecule has 15 heavy (non-hydrogen) atoms. The molecule has 0 radical (unpaired) electrons. The first-order chi connectivity index (χ1) is 6.91. The Balaban J connectivity index is 2.33. The molecule has 2 rings (SSSR count). The van der Waals surface area contributed by atoms with Crippen molar-refractivity contribution >= 4 is 11.9 Å². The normalized spacial score (nSPS) is 44.2. The molecule has 2 aliphatic heterocycles. The van der Waals surface area contributed by atoms with Gasteiger partial charge in [-0.05, 0) is 5.92 Å². The second kappa shape index (κ2) is 2.95. The molecule has 1 spiro atoms. The predicted molar refractivity (Wildman–Crippen MR) is 50.8 cm³/mol. The van der Waals surface area contributed by atoms with Crippen molar-refractivity contribution in [1.29, 1.82) is 0 Å². The highest BCUT2D eigenvalue weighted by Gasteiger charge is 2.69. The molecule has 0 saturated carbocycles. The van der Waals surface area contributed by atoms with Crippen molar-refractivity contribution in [3.63, 3.8) is 0 Å². The van der Waals surface area contributed by atoms with Crippen LogP contribution in [0.15, 0.2) is 0 Å². The van der Waals surface area contributed by atoms with E-state index < -0.39 is 29.6 Å². The molecule has 2 heterocycles. The number of ether oxygens (including phenoxy) is 1. The Labute approximate surface area is 87.8 Å². The number of aliphatic hydroxyl groups is 1. The molecule has 5 nitrogen and oxygen atoms in total. The van der Waals surface area contributed by atoms with E-state index in [9.17, 15) is 14.7 Å². The number of amides is 1. The topological polar surface area (TPSA) is 75.6 Å². The van der Waals surface area contributed by atoms with Gasteiger partial charge in [-0.1, -0.05) is 20.8 Å². The van der Waals surface area contributed by atoms with E-state index in [1.807, 2.05) is 13.8 Å². The Morgan fingerprint density at radius 2 is 2.07 bits per heavy atom. The van der Waals surface area contributed by atoms with E-state index >= 15 is 0 Å². The average molecular weight is 213 g/mol. The SMILES string of the molecule is CC(C)[C@@H]1OC(=O)[C@@]12NC(=O)[C@H](C)[C@H]2O.